The quantitative estimate of drug-likeness (QED) is 0.856. The van der Waals surface area contributed by atoms with E-state index in [1.54, 1.807) is 7.05 Å². The Hall–Kier alpha value is -2.31. The summed E-state index contributed by atoms with van der Waals surface area (Å²) in [5, 5.41) is 13.6. The van der Waals surface area contributed by atoms with Crippen molar-refractivity contribution in [1.82, 2.24) is 9.78 Å². The van der Waals surface area contributed by atoms with Crippen molar-refractivity contribution < 1.29 is 18.6 Å². The number of aryl methyl sites for hydroxylation is 1. The van der Waals surface area contributed by atoms with E-state index in [0.29, 0.717) is 6.07 Å². The van der Waals surface area contributed by atoms with Gasteiger partial charge in [-0.05, 0) is 0 Å². The first-order valence-electron chi connectivity index (χ1n) is 5.00. The van der Waals surface area contributed by atoms with Gasteiger partial charge in [0.25, 0.3) is 0 Å². The lowest BCUT2D eigenvalue weighted by molar-refractivity contribution is 0.374. The lowest BCUT2D eigenvalue weighted by Gasteiger charge is -2.11. The summed E-state index contributed by atoms with van der Waals surface area (Å²) in [4.78, 5) is 0. The molecule has 0 radical (unpaired) electrons. The van der Waals surface area contributed by atoms with Crippen molar-refractivity contribution in [3.63, 3.8) is 0 Å². The lowest BCUT2D eigenvalue weighted by atomic mass is 10.1. The second-order valence-electron chi connectivity index (χ2n) is 3.66. The summed E-state index contributed by atoms with van der Waals surface area (Å²) in [7, 11) is 2.78. The van der Waals surface area contributed by atoms with Crippen LogP contribution in [0.15, 0.2) is 12.3 Å². The number of hydrogen-bond acceptors (Lipinski definition) is 4. The van der Waals surface area contributed by atoms with Crippen molar-refractivity contribution in [1.29, 1.82) is 0 Å². The van der Waals surface area contributed by atoms with Gasteiger partial charge in [-0.1, -0.05) is 0 Å². The second-order valence-corrected chi connectivity index (χ2v) is 3.66. The van der Waals surface area contributed by atoms with Crippen molar-refractivity contribution in [2.75, 3.05) is 12.8 Å². The van der Waals surface area contributed by atoms with E-state index in [0.717, 1.165) is 0 Å². The minimum Gasteiger partial charge on any atom is -0.504 e. The van der Waals surface area contributed by atoms with Gasteiger partial charge in [0, 0.05) is 13.1 Å². The minimum atomic E-state index is -1.09. The monoisotopic (exact) mass is 255 g/mol. The zero-order chi connectivity index (χ0) is 13.4. The van der Waals surface area contributed by atoms with E-state index >= 15 is 0 Å². The van der Waals surface area contributed by atoms with Crippen LogP contribution in [0.1, 0.15) is 0 Å². The van der Waals surface area contributed by atoms with Gasteiger partial charge in [0.15, 0.2) is 23.1 Å². The summed E-state index contributed by atoms with van der Waals surface area (Å²) in [6.07, 6.45) is 1.30. The molecule has 0 unspecified atom stereocenters. The number of halogens is 2. The highest BCUT2D eigenvalue weighted by molar-refractivity contribution is 5.83. The first kappa shape index (κ1) is 12.2. The lowest BCUT2D eigenvalue weighted by Crippen LogP contribution is -2.00. The fourth-order valence-corrected chi connectivity index (χ4v) is 1.68. The van der Waals surface area contributed by atoms with E-state index in [1.807, 2.05) is 0 Å². The molecule has 96 valence electrons. The van der Waals surface area contributed by atoms with Crippen LogP contribution in [0.25, 0.3) is 11.1 Å². The molecule has 0 aliphatic rings. The summed E-state index contributed by atoms with van der Waals surface area (Å²) < 4.78 is 33.1. The maximum Gasteiger partial charge on any atom is 0.168 e. The molecule has 0 fully saturated rings. The minimum absolute atomic E-state index is 0.152. The highest BCUT2D eigenvalue weighted by atomic mass is 19.1. The molecule has 0 spiro atoms. The molecule has 7 heteroatoms. The van der Waals surface area contributed by atoms with E-state index < -0.39 is 17.4 Å². The van der Waals surface area contributed by atoms with E-state index in [4.69, 9.17) is 10.5 Å². The number of nitrogens with zero attached hydrogens (tertiary/aromatic N) is 2. The Morgan fingerprint density at radius 3 is 2.56 bits per heavy atom. The first-order chi connectivity index (χ1) is 8.47. The van der Waals surface area contributed by atoms with E-state index in [2.05, 4.69) is 5.10 Å². The molecule has 2 aromatic rings. The largest absolute Gasteiger partial charge is 0.504 e. The molecule has 0 atom stereocenters. The van der Waals surface area contributed by atoms with Crippen LogP contribution in [0.3, 0.4) is 0 Å². The Morgan fingerprint density at radius 1 is 1.39 bits per heavy atom. The highest BCUT2D eigenvalue weighted by Gasteiger charge is 2.23. The van der Waals surface area contributed by atoms with Crippen molar-refractivity contribution in [2.45, 2.75) is 0 Å². The smallest absolute Gasteiger partial charge is 0.168 e. The maximum absolute atomic E-state index is 13.6. The van der Waals surface area contributed by atoms with Crippen LogP contribution in [-0.4, -0.2) is 22.0 Å². The van der Waals surface area contributed by atoms with Crippen LogP contribution < -0.4 is 10.5 Å². The summed E-state index contributed by atoms with van der Waals surface area (Å²) in [5.74, 6) is -2.87. The number of hydrogen-bond donors (Lipinski definition) is 2. The summed E-state index contributed by atoms with van der Waals surface area (Å²) in [5.41, 5.74) is 5.76. The third kappa shape index (κ3) is 1.64. The molecule has 1 aromatic heterocycles. The van der Waals surface area contributed by atoms with Crippen LogP contribution in [-0.2, 0) is 7.05 Å². The van der Waals surface area contributed by atoms with Gasteiger partial charge in [0.2, 0.25) is 0 Å². The van der Waals surface area contributed by atoms with Crippen LogP contribution in [0.5, 0.6) is 11.5 Å². The molecule has 1 heterocycles. The average molecular weight is 255 g/mol. The molecule has 0 saturated carbocycles. The zero-order valence-corrected chi connectivity index (χ0v) is 9.74. The van der Waals surface area contributed by atoms with E-state index in [9.17, 15) is 13.9 Å². The zero-order valence-electron chi connectivity index (χ0n) is 9.74. The average Bonchev–Trinajstić information content (AvgIpc) is 2.65. The molecular weight excluding hydrogens is 244 g/mol. The highest BCUT2D eigenvalue weighted by Crippen LogP contribution is 2.43. The maximum atomic E-state index is 13.6. The number of aromatic hydroxyl groups is 1. The van der Waals surface area contributed by atoms with Gasteiger partial charge < -0.3 is 15.6 Å². The predicted octanol–water partition coefficient (Wildman–Crippen LogP) is 1.66. The van der Waals surface area contributed by atoms with Crippen molar-refractivity contribution in [3.8, 4) is 22.6 Å². The molecule has 0 aliphatic carbocycles. The molecule has 0 aliphatic heterocycles. The summed E-state index contributed by atoms with van der Waals surface area (Å²) >= 11 is 0. The number of anilines is 1. The third-order valence-corrected chi connectivity index (χ3v) is 2.62. The van der Waals surface area contributed by atoms with Crippen molar-refractivity contribution >= 4 is 5.82 Å². The molecular formula is C11H11F2N3O2. The summed E-state index contributed by atoms with van der Waals surface area (Å²) in [6.45, 7) is 0. The normalized spacial score (nSPS) is 10.7. The Morgan fingerprint density at radius 2 is 2.06 bits per heavy atom. The first-order valence-corrected chi connectivity index (χ1v) is 5.00. The number of phenols is 1. The van der Waals surface area contributed by atoms with Crippen LogP contribution in [0, 0.1) is 11.6 Å². The third-order valence-electron chi connectivity index (χ3n) is 2.62. The Bertz CT molecular complexity index is 611. The number of ether oxygens (including phenoxy) is 1. The molecule has 18 heavy (non-hydrogen) atoms. The van der Waals surface area contributed by atoms with Crippen molar-refractivity contribution in [2.24, 2.45) is 7.05 Å². The SMILES string of the molecule is COc1c(F)cc(F)c(O)c1-c1cnn(C)c1N. The van der Waals surface area contributed by atoms with E-state index in [-0.39, 0.29) is 22.7 Å². The van der Waals surface area contributed by atoms with E-state index in [1.165, 1.54) is 18.0 Å². The molecule has 1 aromatic carbocycles. The number of nitrogen functional groups attached to an aromatic ring is 1. The standard InChI is InChI=1S/C11H11F2N3O2/c1-16-11(14)5(4-15-16)8-9(17)6(12)3-7(13)10(8)18-2/h3-4,17H,14H2,1-2H3. The second kappa shape index (κ2) is 4.17. The van der Waals surface area contributed by atoms with Crippen LogP contribution >= 0.6 is 0 Å². The molecule has 0 amide bonds. The molecule has 0 saturated heterocycles. The van der Waals surface area contributed by atoms with Crippen LogP contribution in [0.4, 0.5) is 14.6 Å². The number of methoxy groups -OCH3 is 1. The van der Waals surface area contributed by atoms with Gasteiger partial charge in [0.05, 0.1) is 24.4 Å². The molecule has 2 rings (SSSR count). The van der Waals surface area contributed by atoms with Crippen molar-refractivity contribution in [3.05, 3.63) is 23.9 Å². The van der Waals surface area contributed by atoms with Gasteiger partial charge in [-0.15, -0.1) is 0 Å². The number of benzene rings is 1. The topological polar surface area (TPSA) is 73.3 Å². The predicted molar refractivity (Wildman–Crippen MR) is 61.2 cm³/mol. The molecule has 0 bridgehead atoms. The Balaban J connectivity index is 2.81. The molecule has 3 N–H and O–H groups in total. The van der Waals surface area contributed by atoms with Gasteiger partial charge in [0.1, 0.15) is 5.82 Å². The fraction of sp³-hybridized carbons (Fsp3) is 0.182. The molecule has 5 nitrogen and oxygen atoms in total. The van der Waals surface area contributed by atoms with Crippen LogP contribution in [0.2, 0.25) is 0 Å². The Kier molecular flexibility index (Phi) is 2.82. The number of aromatic nitrogens is 2. The van der Waals surface area contributed by atoms with Gasteiger partial charge >= 0.3 is 0 Å². The number of rotatable bonds is 2. The van der Waals surface area contributed by atoms with Gasteiger partial charge in [-0.25, -0.2) is 8.78 Å². The number of nitrogens with two attached hydrogens (primary N) is 1. The fourth-order valence-electron chi connectivity index (χ4n) is 1.68. The van der Waals surface area contributed by atoms with Gasteiger partial charge in [-0.3, -0.25) is 4.68 Å². The summed E-state index contributed by atoms with van der Waals surface area (Å²) in [6, 6.07) is 0.546. The number of phenolic OH excluding ortho intramolecular Hbond substituents is 1. The van der Waals surface area contributed by atoms with Gasteiger partial charge in [-0.2, -0.15) is 5.10 Å². The Labute approximate surface area is 101 Å².